The zero-order valence-electron chi connectivity index (χ0n) is 10.1. The van der Waals surface area contributed by atoms with E-state index in [1.54, 1.807) is 0 Å². The average molecular weight is 264 g/mol. The normalized spacial score (nSPS) is 19.2. The quantitative estimate of drug-likeness (QED) is 0.644. The van der Waals surface area contributed by atoms with Gasteiger partial charge in [0.15, 0.2) is 0 Å². The fourth-order valence-corrected chi connectivity index (χ4v) is 3.58. The minimum absolute atomic E-state index is 0.132. The Morgan fingerprint density at radius 1 is 1.41 bits per heavy atom. The van der Waals surface area contributed by atoms with Crippen molar-refractivity contribution in [3.63, 3.8) is 0 Å². The molecule has 0 saturated heterocycles. The Bertz CT molecular complexity index is 361. The van der Waals surface area contributed by atoms with Crippen molar-refractivity contribution in [2.24, 2.45) is 5.73 Å². The molecule has 0 aromatic carbocycles. The molecular formula is C10H20N2O4S. The van der Waals surface area contributed by atoms with Gasteiger partial charge < -0.3 is 10.5 Å². The van der Waals surface area contributed by atoms with Gasteiger partial charge in [-0.15, -0.1) is 0 Å². The van der Waals surface area contributed by atoms with Gasteiger partial charge in [0, 0.05) is 12.1 Å². The van der Waals surface area contributed by atoms with Crippen molar-refractivity contribution >= 4 is 16.0 Å². The molecule has 1 fully saturated rings. The third kappa shape index (κ3) is 4.25. The number of nitrogens with two attached hydrogens (primary N) is 1. The first-order valence-electron chi connectivity index (χ1n) is 5.72. The number of hydrogen-bond acceptors (Lipinski definition) is 5. The molecule has 1 rings (SSSR count). The fourth-order valence-electron chi connectivity index (χ4n) is 2.10. The standard InChI is InChI=1S/C10H20N2O4S/c1-16-9(13)4-7-17(14,15)12-10(8-11)5-2-3-6-10/h12H,2-8,11H2,1H3. The predicted molar refractivity (Wildman–Crippen MR) is 63.8 cm³/mol. The summed E-state index contributed by atoms with van der Waals surface area (Å²) in [5.74, 6) is -0.773. The number of sulfonamides is 1. The summed E-state index contributed by atoms with van der Waals surface area (Å²) in [6, 6.07) is 0. The second-order valence-corrected chi connectivity index (χ2v) is 6.28. The van der Waals surface area contributed by atoms with E-state index in [0.29, 0.717) is 6.54 Å². The minimum Gasteiger partial charge on any atom is -0.469 e. The summed E-state index contributed by atoms with van der Waals surface area (Å²) in [6.07, 6.45) is 3.36. The van der Waals surface area contributed by atoms with Crippen LogP contribution in [0.25, 0.3) is 0 Å². The molecule has 0 aromatic heterocycles. The second kappa shape index (κ2) is 5.79. The van der Waals surface area contributed by atoms with Crippen LogP contribution in [0.1, 0.15) is 32.1 Å². The summed E-state index contributed by atoms with van der Waals surface area (Å²) in [5, 5.41) is 0. The molecule has 1 saturated carbocycles. The lowest BCUT2D eigenvalue weighted by Crippen LogP contribution is -2.52. The molecule has 1 aliphatic carbocycles. The molecule has 0 bridgehead atoms. The summed E-state index contributed by atoms with van der Waals surface area (Å²) in [7, 11) is -2.23. The van der Waals surface area contributed by atoms with Crippen LogP contribution >= 0.6 is 0 Å². The summed E-state index contributed by atoms with van der Waals surface area (Å²) in [6.45, 7) is 0.296. The fraction of sp³-hybridized carbons (Fsp3) is 0.900. The van der Waals surface area contributed by atoms with Gasteiger partial charge >= 0.3 is 5.97 Å². The van der Waals surface area contributed by atoms with E-state index in [-0.39, 0.29) is 12.2 Å². The van der Waals surface area contributed by atoms with Crippen LogP contribution in [-0.4, -0.2) is 39.3 Å². The van der Waals surface area contributed by atoms with E-state index >= 15 is 0 Å². The maximum Gasteiger partial charge on any atom is 0.306 e. The first kappa shape index (κ1) is 14.4. The molecule has 0 unspecified atom stereocenters. The van der Waals surface area contributed by atoms with Crippen LogP contribution in [0.4, 0.5) is 0 Å². The highest BCUT2D eigenvalue weighted by Gasteiger charge is 2.36. The van der Waals surface area contributed by atoms with Crippen LogP contribution in [-0.2, 0) is 19.6 Å². The van der Waals surface area contributed by atoms with Crippen LogP contribution in [0.5, 0.6) is 0 Å². The Balaban J connectivity index is 2.56. The SMILES string of the molecule is COC(=O)CCS(=O)(=O)NC1(CN)CCCC1. The molecule has 0 atom stereocenters. The number of rotatable bonds is 6. The van der Waals surface area contributed by atoms with E-state index < -0.39 is 21.5 Å². The Labute approximate surface area is 102 Å². The number of carbonyl (C=O) groups excluding carboxylic acids is 1. The summed E-state index contributed by atoms with van der Waals surface area (Å²) in [4.78, 5) is 10.9. The van der Waals surface area contributed by atoms with E-state index in [0.717, 1.165) is 25.7 Å². The van der Waals surface area contributed by atoms with Crippen molar-refractivity contribution < 1.29 is 17.9 Å². The van der Waals surface area contributed by atoms with Crippen LogP contribution in [0.3, 0.4) is 0 Å². The molecule has 0 aromatic rings. The Morgan fingerprint density at radius 3 is 2.47 bits per heavy atom. The summed E-state index contributed by atoms with van der Waals surface area (Å²) >= 11 is 0. The van der Waals surface area contributed by atoms with Crippen LogP contribution in [0, 0.1) is 0 Å². The number of carbonyl (C=O) groups is 1. The van der Waals surface area contributed by atoms with Gasteiger partial charge in [0.05, 0.1) is 19.3 Å². The van der Waals surface area contributed by atoms with E-state index in [1.807, 2.05) is 0 Å². The van der Waals surface area contributed by atoms with Gasteiger partial charge in [-0.05, 0) is 12.8 Å². The van der Waals surface area contributed by atoms with Crippen LogP contribution in [0.15, 0.2) is 0 Å². The van der Waals surface area contributed by atoms with Gasteiger partial charge in [-0.2, -0.15) is 0 Å². The first-order chi connectivity index (χ1) is 7.93. The van der Waals surface area contributed by atoms with Crippen molar-refractivity contribution in [2.45, 2.75) is 37.6 Å². The van der Waals surface area contributed by atoms with Crippen LogP contribution in [0.2, 0.25) is 0 Å². The predicted octanol–water partition coefficient (Wildman–Crippen LogP) is -0.260. The zero-order chi connectivity index (χ0) is 12.9. The van der Waals surface area contributed by atoms with Gasteiger partial charge in [0.2, 0.25) is 10.0 Å². The molecule has 6 nitrogen and oxygen atoms in total. The van der Waals surface area contributed by atoms with E-state index in [4.69, 9.17) is 5.73 Å². The van der Waals surface area contributed by atoms with Gasteiger partial charge in [0.25, 0.3) is 0 Å². The maximum absolute atomic E-state index is 11.8. The molecule has 1 aliphatic rings. The lowest BCUT2D eigenvalue weighted by molar-refractivity contribution is -0.140. The summed E-state index contributed by atoms with van der Waals surface area (Å²) in [5.41, 5.74) is 5.13. The third-order valence-corrected chi connectivity index (χ3v) is 4.61. The van der Waals surface area contributed by atoms with Gasteiger partial charge in [0.1, 0.15) is 0 Å². The maximum atomic E-state index is 11.8. The van der Waals surface area contributed by atoms with Crippen molar-refractivity contribution in [3.8, 4) is 0 Å². The van der Waals surface area contributed by atoms with Gasteiger partial charge in [-0.25, -0.2) is 13.1 Å². The highest BCUT2D eigenvalue weighted by Crippen LogP contribution is 2.29. The van der Waals surface area contributed by atoms with E-state index in [9.17, 15) is 13.2 Å². The number of hydrogen-bond donors (Lipinski definition) is 2. The van der Waals surface area contributed by atoms with Crippen molar-refractivity contribution in [1.82, 2.24) is 4.72 Å². The summed E-state index contributed by atoms with van der Waals surface area (Å²) < 4.78 is 30.6. The van der Waals surface area contributed by atoms with Crippen molar-refractivity contribution in [2.75, 3.05) is 19.4 Å². The highest BCUT2D eigenvalue weighted by molar-refractivity contribution is 7.89. The molecule has 0 amide bonds. The van der Waals surface area contributed by atoms with E-state index in [1.165, 1.54) is 7.11 Å². The lowest BCUT2D eigenvalue weighted by Gasteiger charge is -2.28. The van der Waals surface area contributed by atoms with Crippen molar-refractivity contribution in [1.29, 1.82) is 0 Å². The Kier molecular flexibility index (Phi) is 4.91. The molecule has 7 heteroatoms. The highest BCUT2D eigenvalue weighted by atomic mass is 32.2. The molecule has 3 N–H and O–H groups in total. The first-order valence-corrected chi connectivity index (χ1v) is 7.37. The van der Waals surface area contributed by atoms with Gasteiger partial charge in [-0.3, -0.25) is 4.79 Å². The Hall–Kier alpha value is -0.660. The molecular weight excluding hydrogens is 244 g/mol. The van der Waals surface area contributed by atoms with Crippen molar-refractivity contribution in [3.05, 3.63) is 0 Å². The molecule has 0 aliphatic heterocycles. The monoisotopic (exact) mass is 264 g/mol. The smallest absolute Gasteiger partial charge is 0.306 e. The largest absolute Gasteiger partial charge is 0.469 e. The molecule has 0 spiro atoms. The van der Waals surface area contributed by atoms with Gasteiger partial charge in [-0.1, -0.05) is 12.8 Å². The molecule has 0 radical (unpaired) electrons. The van der Waals surface area contributed by atoms with E-state index in [2.05, 4.69) is 9.46 Å². The molecule has 0 heterocycles. The average Bonchev–Trinajstić information content (AvgIpc) is 2.74. The third-order valence-electron chi connectivity index (χ3n) is 3.13. The molecule has 17 heavy (non-hydrogen) atoms. The number of ether oxygens (including phenoxy) is 1. The topological polar surface area (TPSA) is 98.5 Å². The number of esters is 1. The molecule has 100 valence electrons. The number of nitrogens with one attached hydrogen (secondary N) is 1. The Morgan fingerprint density at radius 2 is 2.00 bits per heavy atom. The second-order valence-electron chi connectivity index (χ2n) is 4.44. The van der Waals surface area contributed by atoms with Crippen LogP contribution < -0.4 is 10.5 Å². The zero-order valence-corrected chi connectivity index (χ0v) is 10.9. The lowest BCUT2D eigenvalue weighted by atomic mass is 10.0. The number of methoxy groups -OCH3 is 1. The minimum atomic E-state index is -3.47.